The first-order chi connectivity index (χ1) is 19.5. The molecule has 6 nitrogen and oxygen atoms in total. The molecule has 1 N–H and O–H groups in total. The molecular formula is C36H52N2O4. The van der Waals surface area contributed by atoms with E-state index in [1.54, 1.807) is 0 Å². The molecule has 7 atom stereocenters. The number of hydrogen-bond donors (Lipinski definition) is 1. The molecule has 0 heterocycles. The van der Waals surface area contributed by atoms with Gasteiger partial charge in [0.15, 0.2) is 11.6 Å². The van der Waals surface area contributed by atoms with Gasteiger partial charge in [0.05, 0.1) is 12.2 Å². The fourth-order valence-corrected chi connectivity index (χ4v) is 11.0. The maximum Gasteiger partial charge on any atom is 0.407 e. The van der Waals surface area contributed by atoms with Gasteiger partial charge < -0.3 is 10.1 Å². The Labute approximate surface area is 253 Å². The van der Waals surface area contributed by atoms with Crippen LogP contribution in [0, 0.1) is 61.6 Å². The number of carbonyl (C=O) groups is 3. The van der Waals surface area contributed by atoms with Gasteiger partial charge in [0.1, 0.15) is 6.07 Å². The van der Waals surface area contributed by atoms with Gasteiger partial charge in [-0.25, -0.2) is 4.79 Å². The minimum atomic E-state index is -0.650. The summed E-state index contributed by atoms with van der Waals surface area (Å²) in [6.45, 7) is 18.5. The van der Waals surface area contributed by atoms with E-state index in [0.29, 0.717) is 13.2 Å². The summed E-state index contributed by atoms with van der Waals surface area (Å²) in [5.74, 6) is 0.473. The van der Waals surface area contributed by atoms with E-state index in [-0.39, 0.29) is 62.6 Å². The lowest BCUT2D eigenvalue weighted by Crippen LogP contribution is -2.64. The lowest BCUT2D eigenvalue weighted by molar-refractivity contribution is -0.173. The van der Waals surface area contributed by atoms with Crippen molar-refractivity contribution in [2.75, 3.05) is 13.2 Å². The van der Waals surface area contributed by atoms with Crippen LogP contribution in [0.15, 0.2) is 23.3 Å². The van der Waals surface area contributed by atoms with Crippen LogP contribution in [0.4, 0.5) is 4.79 Å². The molecular weight excluding hydrogens is 524 g/mol. The zero-order valence-electron chi connectivity index (χ0n) is 27.2. The summed E-state index contributed by atoms with van der Waals surface area (Å²) in [7, 11) is 0. The van der Waals surface area contributed by atoms with Crippen LogP contribution < -0.4 is 5.32 Å². The average molecular weight is 577 g/mol. The van der Waals surface area contributed by atoms with E-state index >= 15 is 0 Å². The SMILES string of the molecule is CCNC(=O)OCCC[C@]12CCC(C)(C)CC1[C@@H]1C(=O)C=C3[C@@]4(C)C=C(C#N)C(=O)C(C)(C)[C@@H]4CC[C@@]3(C)[C@]1(C)CC2. The Kier molecular flexibility index (Phi) is 7.43. The van der Waals surface area contributed by atoms with Crippen molar-refractivity contribution in [3.63, 3.8) is 0 Å². The Morgan fingerprint density at radius 3 is 2.40 bits per heavy atom. The van der Waals surface area contributed by atoms with Gasteiger partial charge in [-0.2, -0.15) is 5.26 Å². The van der Waals surface area contributed by atoms with Crippen molar-refractivity contribution in [1.29, 1.82) is 5.26 Å². The molecule has 0 radical (unpaired) electrons. The second-order valence-electron chi connectivity index (χ2n) is 16.4. The largest absolute Gasteiger partial charge is 0.450 e. The van der Waals surface area contributed by atoms with Crippen LogP contribution in [0.5, 0.6) is 0 Å². The van der Waals surface area contributed by atoms with Gasteiger partial charge in [-0.15, -0.1) is 0 Å². The van der Waals surface area contributed by atoms with E-state index in [0.717, 1.165) is 63.4 Å². The number of Topliss-reactive ketones (excluding diaryl/α,β-unsaturated/α-hetero) is 1. The lowest BCUT2D eigenvalue weighted by atomic mass is 9.34. The smallest absolute Gasteiger partial charge is 0.407 e. The Morgan fingerprint density at radius 1 is 1.05 bits per heavy atom. The molecule has 0 saturated heterocycles. The molecule has 0 aliphatic heterocycles. The monoisotopic (exact) mass is 576 g/mol. The molecule has 6 heteroatoms. The quantitative estimate of drug-likeness (QED) is 0.338. The molecule has 230 valence electrons. The topological polar surface area (TPSA) is 96.3 Å². The highest BCUT2D eigenvalue weighted by molar-refractivity contribution is 6.04. The zero-order chi connectivity index (χ0) is 30.9. The Balaban J connectivity index is 1.54. The third-order valence-electron chi connectivity index (χ3n) is 13.4. The molecule has 5 aliphatic rings. The first-order valence-corrected chi connectivity index (χ1v) is 16.4. The van der Waals surface area contributed by atoms with Gasteiger partial charge in [-0.05, 0) is 104 Å². The Morgan fingerprint density at radius 2 is 1.74 bits per heavy atom. The minimum Gasteiger partial charge on any atom is -0.450 e. The van der Waals surface area contributed by atoms with E-state index < -0.39 is 10.8 Å². The van der Waals surface area contributed by atoms with Crippen LogP contribution in [0.25, 0.3) is 0 Å². The van der Waals surface area contributed by atoms with Crippen molar-refractivity contribution in [2.45, 2.75) is 113 Å². The van der Waals surface area contributed by atoms with Gasteiger partial charge >= 0.3 is 6.09 Å². The fourth-order valence-electron chi connectivity index (χ4n) is 11.0. The summed E-state index contributed by atoms with van der Waals surface area (Å²) in [5, 5.41) is 12.7. The van der Waals surface area contributed by atoms with Gasteiger partial charge in [0.2, 0.25) is 0 Å². The highest BCUT2D eigenvalue weighted by Gasteiger charge is 2.69. The van der Waals surface area contributed by atoms with Crippen molar-refractivity contribution in [2.24, 2.45) is 50.2 Å². The van der Waals surface area contributed by atoms with E-state index in [1.165, 1.54) is 0 Å². The standard InChI is InChI=1S/C36H52N2O4/c1-9-38-30(41)42-18-10-12-36-16-14-31(2,3)21-24(36)28-25(39)19-27-33(6)20-23(22-37)29(40)32(4,5)26(33)11-13-34(27,7)35(28,8)15-17-36/h19-20,24,26,28H,9-18,21H2,1-8H3,(H,38,41)/t24?,26-,28+,33-,34+,35+,36+/m0/s1. The van der Waals surface area contributed by atoms with E-state index in [2.05, 4.69) is 46.0 Å². The molecule has 1 unspecified atom stereocenters. The number of nitrogens with one attached hydrogen (secondary N) is 1. The predicted octanol–water partition coefficient (Wildman–Crippen LogP) is 7.73. The van der Waals surface area contributed by atoms with Crippen LogP contribution >= 0.6 is 0 Å². The predicted molar refractivity (Wildman–Crippen MR) is 163 cm³/mol. The summed E-state index contributed by atoms with van der Waals surface area (Å²) >= 11 is 0. The van der Waals surface area contributed by atoms with E-state index in [1.807, 2.05) is 32.9 Å². The van der Waals surface area contributed by atoms with Crippen molar-refractivity contribution < 1.29 is 19.1 Å². The molecule has 0 aromatic heterocycles. The molecule has 42 heavy (non-hydrogen) atoms. The van der Waals surface area contributed by atoms with Gasteiger partial charge in [0.25, 0.3) is 0 Å². The molecule has 0 bridgehead atoms. The molecule has 3 saturated carbocycles. The number of nitrogens with zero attached hydrogens (tertiary/aromatic N) is 1. The Bertz CT molecular complexity index is 1290. The van der Waals surface area contributed by atoms with Crippen LogP contribution in [0.2, 0.25) is 0 Å². The lowest BCUT2D eigenvalue weighted by Gasteiger charge is -2.69. The number of carbonyl (C=O) groups excluding carboxylic acids is 3. The van der Waals surface area contributed by atoms with Gasteiger partial charge in [0, 0.05) is 23.3 Å². The number of ether oxygens (including phenoxy) is 1. The number of fused-ring (bicyclic) bond motifs is 7. The van der Waals surface area contributed by atoms with Crippen LogP contribution in [-0.2, 0) is 14.3 Å². The summed E-state index contributed by atoms with van der Waals surface area (Å²) in [4.78, 5) is 39.8. The van der Waals surface area contributed by atoms with E-state index in [9.17, 15) is 19.6 Å². The van der Waals surface area contributed by atoms with Crippen LogP contribution in [0.1, 0.15) is 113 Å². The maximum atomic E-state index is 14.6. The normalized spacial score (nSPS) is 41.5. The molecule has 0 aromatic carbocycles. The molecule has 5 aliphatic carbocycles. The molecule has 0 aromatic rings. The molecule has 3 fully saturated rings. The van der Waals surface area contributed by atoms with E-state index in [4.69, 9.17) is 4.74 Å². The number of amides is 1. The van der Waals surface area contributed by atoms with Crippen LogP contribution in [-0.4, -0.2) is 30.8 Å². The zero-order valence-corrected chi connectivity index (χ0v) is 27.2. The number of hydrogen-bond acceptors (Lipinski definition) is 5. The molecule has 1 amide bonds. The third-order valence-corrected chi connectivity index (χ3v) is 13.4. The highest BCUT2D eigenvalue weighted by Crippen LogP contribution is 2.75. The Hall–Kier alpha value is -2.42. The minimum absolute atomic E-state index is 0.0540. The molecule has 5 rings (SSSR count). The van der Waals surface area contributed by atoms with Crippen molar-refractivity contribution in [1.82, 2.24) is 5.32 Å². The van der Waals surface area contributed by atoms with Crippen molar-refractivity contribution in [3.8, 4) is 6.07 Å². The number of ketones is 2. The number of rotatable bonds is 5. The summed E-state index contributed by atoms with van der Waals surface area (Å²) in [6, 6.07) is 2.21. The van der Waals surface area contributed by atoms with Gasteiger partial charge in [-0.1, -0.05) is 60.1 Å². The highest BCUT2D eigenvalue weighted by atomic mass is 16.5. The first kappa shape index (κ1) is 31.0. The van der Waals surface area contributed by atoms with Crippen molar-refractivity contribution >= 4 is 17.7 Å². The average Bonchev–Trinajstić information content (AvgIpc) is 2.90. The number of nitriles is 1. The van der Waals surface area contributed by atoms with Crippen LogP contribution in [0.3, 0.4) is 0 Å². The summed E-state index contributed by atoms with van der Waals surface area (Å²) < 4.78 is 5.45. The number of allylic oxidation sites excluding steroid dienone is 4. The first-order valence-electron chi connectivity index (χ1n) is 16.4. The third kappa shape index (κ3) is 4.34. The second kappa shape index (κ2) is 10.1. The maximum absolute atomic E-state index is 14.6. The number of alkyl carbamates (subject to hydrolysis) is 1. The molecule has 0 spiro atoms. The summed E-state index contributed by atoms with van der Waals surface area (Å²) in [6.07, 6.45) is 12.6. The van der Waals surface area contributed by atoms with Gasteiger partial charge in [-0.3, -0.25) is 9.59 Å². The summed E-state index contributed by atoms with van der Waals surface area (Å²) in [5.41, 5.74) is 0.106. The fraction of sp³-hybridized carbons (Fsp3) is 0.778. The van der Waals surface area contributed by atoms with Crippen molar-refractivity contribution in [3.05, 3.63) is 23.3 Å². The second-order valence-corrected chi connectivity index (χ2v) is 16.4.